The summed E-state index contributed by atoms with van der Waals surface area (Å²) in [6.07, 6.45) is 3.86. The second-order valence-electron chi connectivity index (χ2n) is 7.53. The van der Waals surface area contributed by atoms with Gasteiger partial charge in [-0.15, -0.1) is 10.2 Å². The van der Waals surface area contributed by atoms with Gasteiger partial charge < -0.3 is 19.2 Å². The number of carbonyl (C=O) groups is 1. The molecular weight excluding hydrogens is 344 g/mol. The number of nitrogens with one attached hydrogen (secondary N) is 1. The average Bonchev–Trinajstić information content (AvgIpc) is 3.28. The lowest BCUT2D eigenvalue weighted by atomic mass is 9.96. The molecule has 2 fully saturated rings. The van der Waals surface area contributed by atoms with Gasteiger partial charge in [0, 0.05) is 51.0 Å². The summed E-state index contributed by atoms with van der Waals surface area (Å²) in [5.41, 5.74) is 1.69. The molecule has 4 heterocycles. The van der Waals surface area contributed by atoms with E-state index in [0.717, 1.165) is 75.1 Å². The quantitative estimate of drug-likeness (QED) is 0.875. The highest BCUT2D eigenvalue weighted by atomic mass is 16.5. The molecule has 1 amide bonds. The predicted octanol–water partition coefficient (Wildman–Crippen LogP) is 1.30. The first-order valence-electron chi connectivity index (χ1n) is 9.75. The van der Waals surface area contributed by atoms with Crippen LogP contribution in [0.2, 0.25) is 0 Å². The lowest BCUT2D eigenvalue weighted by molar-refractivity contribution is 0.0326. The van der Waals surface area contributed by atoms with Crippen molar-refractivity contribution in [3.05, 3.63) is 35.2 Å². The van der Waals surface area contributed by atoms with Gasteiger partial charge in [0.2, 0.25) is 0 Å². The van der Waals surface area contributed by atoms with Crippen LogP contribution < -0.4 is 0 Å². The van der Waals surface area contributed by atoms with Crippen LogP contribution in [0.25, 0.3) is 0 Å². The number of H-pyrrole nitrogens is 1. The molecule has 0 bridgehead atoms. The summed E-state index contributed by atoms with van der Waals surface area (Å²) in [4.78, 5) is 20.3. The van der Waals surface area contributed by atoms with Crippen molar-refractivity contribution in [2.45, 2.75) is 32.2 Å². The minimum absolute atomic E-state index is 0.106. The van der Waals surface area contributed by atoms with Gasteiger partial charge >= 0.3 is 0 Å². The van der Waals surface area contributed by atoms with Crippen LogP contribution >= 0.6 is 0 Å². The van der Waals surface area contributed by atoms with Gasteiger partial charge in [0.15, 0.2) is 0 Å². The zero-order valence-corrected chi connectivity index (χ0v) is 16.1. The van der Waals surface area contributed by atoms with Crippen molar-refractivity contribution in [1.82, 2.24) is 29.5 Å². The van der Waals surface area contributed by atoms with E-state index in [9.17, 15) is 4.79 Å². The monoisotopic (exact) mass is 372 g/mol. The molecule has 0 aliphatic carbocycles. The highest BCUT2D eigenvalue weighted by Gasteiger charge is 2.29. The summed E-state index contributed by atoms with van der Waals surface area (Å²) in [5, 5.41) is 8.93. The second kappa shape index (κ2) is 7.82. The van der Waals surface area contributed by atoms with Gasteiger partial charge in [0.25, 0.3) is 5.91 Å². The Morgan fingerprint density at radius 3 is 2.85 bits per heavy atom. The van der Waals surface area contributed by atoms with Crippen molar-refractivity contribution in [2.75, 3.05) is 39.4 Å². The van der Waals surface area contributed by atoms with E-state index in [4.69, 9.17) is 4.74 Å². The van der Waals surface area contributed by atoms with Crippen molar-refractivity contribution >= 4 is 5.91 Å². The molecule has 0 spiro atoms. The first-order valence-corrected chi connectivity index (χ1v) is 9.75. The zero-order valence-electron chi connectivity index (χ0n) is 16.1. The third-order valence-corrected chi connectivity index (χ3v) is 5.73. The van der Waals surface area contributed by atoms with Crippen LogP contribution in [0.1, 0.15) is 46.5 Å². The molecule has 0 radical (unpaired) electrons. The van der Waals surface area contributed by atoms with Crippen LogP contribution in [0.15, 0.2) is 12.3 Å². The van der Waals surface area contributed by atoms with E-state index < -0.39 is 0 Å². The number of piperidine rings is 1. The van der Waals surface area contributed by atoms with Crippen molar-refractivity contribution in [1.29, 1.82) is 0 Å². The number of amides is 1. The Labute approximate surface area is 159 Å². The van der Waals surface area contributed by atoms with E-state index in [1.54, 1.807) is 0 Å². The van der Waals surface area contributed by atoms with E-state index >= 15 is 0 Å². The Hall–Kier alpha value is -2.19. The molecule has 27 heavy (non-hydrogen) atoms. The maximum Gasteiger partial charge on any atom is 0.255 e. The van der Waals surface area contributed by atoms with Gasteiger partial charge in [-0.25, -0.2) is 0 Å². The Morgan fingerprint density at radius 2 is 2.11 bits per heavy atom. The molecular formula is C19H28N6O2. The minimum Gasteiger partial charge on any atom is -0.379 e. The van der Waals surface area contributed by atoms with Crippen molar-refractivity contribution < 1.29 is 9.53 Å². The van der Waals surface area contributed by atoms with E-state index in [1.165, 1.54) is 0 Å². The summed E-state index contributed by atoms with van der Waals surface area (Å²) >= 11 is 0. The molecule has 146 valence electrons. The molecule has 8 heteroatoms. The lowest BCUT2D eigenvalue weighted by Crippen LogP contribution is -2.40. The summed E-state index contributed by atoms with van der Waals surface area (Å²) < 4.78 is 7.54. The number of rotatable bonds is 4. The van der Waals surface area contributed by atoms with Crippen LogP contribution in [0.5, 0.6) is 0 Å². The summed E-state index contributed by atoms with van der Waals surface area (Å²) in [5.74, 6) is 2.31. The van der Waals surface area contributed by atoms with Crippen LogP contribution in [0.4, 0.5) is 0 Å². The van der Waals surface area contributed by atoms with Crippen LogP contribution in [-0.4, -0.2) is 74.8 Å². The first-order chi connectivity index (χ1) is 13.1. The normalized spacial score (nSPS) is 21.6. The Morgan fingerprint density at radius 1 is 1.30 bits per heavy atom. The van der Waals surface area contributed by atoms with Crippen LogP contribution in [0.3, 0.4) is 0 Å². The van der Waals surface area contributed by atoms with E-state index in [0.29, 0.717) is 6.54 Å². The largest absolute Gasteiger partial charge is 0.379 e. The molecule has 1 N–H and O–H groups in total. The van der Waals surface area contributed by atoms with Gasteiger partial charge in [-0.1, -0.05) is 0 Å². The number of morpholine rings is 1. The highest BCUT2D eigenvalue weighted by molar-refractivity contribution is 5.95. The zero-order chi connectivity index (χ0) is 18.8. The molecule has 0 aromatic carbocycles. The molecule has 2 aliphatic rings. The standard InChI is InChI=1S/C19H28N6O2/c1-14-16(5-6-20-14)19(26)25-7-3-4-15(12-25)18-22-21-17(23(18)2)13-24-8-10-27-11-9-24/h5-6,15,20H,3-4,7-13H2,1-2H3/t15-/m0/s1. The van der Waals surface area contributed by atoms with E-state index in [1.807, 2.05) is 31.1 Å². The molecule has 2 aliphatic heterocycles. The topological polar surface area (TPSA) is 79.3 Å². The SMILES string of the molecule is Cc1[nH]ccc1C(=O)N1CCC[C@H](c2nnc(CN3CCOCC3)n2C)C1. The fourth-order valence-electron chi connectivity index (χ4n) is 4.05. The number of likely N-dealkylation sites (tertiary alicyclic amines) is 1. The smallest absolute Gasteiger partial charge is 0.255 e. The summed E-state index contributed by atoms with van der Waals surface area (Å²) in [7, 11) is 2.04. The summed E-state index contributed by atoms with van der Waals surface area (Å²) in [6, 6.07) is 1.87. The maximum absolute atomic E-state index is 12.9. The van der Waals surface area contributed by atoms with Gasteiger partial charge in [-0.2, -0.15) is 0 Å². The van der Waals surface area contributed by atoms with Gasteiger partial charge in [0.05, 0.1) is 25.3 Å². The molecule has 8 nitrogen and oxygen atoms in total. The maximum atomic E-state index is 12.9. The number of hydrogen-bond donors (Lipinski definition) is 1. The second-order valence-corrected chi connectivity index (χ2v) is 7.53. The number of aromatic amines is 1. The van der Waals surface area contributed by atoms with Crippen LogP contribution in [0, 0.1) is 6.92 Å². The average molecular weight is 372 g/mol. The van der Waals surface area contributed by atoms with Crippen LogP contribution in [-0.2, 0) is 18.3 Å². The third-order valence-electron chi connectivity index (χ3n) is 5.73. The lowest BCUT2D eigenvalue weighted by Gasteiger charge is -2.32. The Balaban J connectivity index is 1.45. The molecule has 2 saturated heterocycles. The Kier molecular flexibility index (Phi) is 5.27. The van der Waals surface area contributed by atoms with Crippen molar-refractivity contribution in [2.24, 2.45) is 7.05 Å². The number of aryl methyl sites for hydroxylation is 1. The van der Waals surface area contributed by atoms with E-state index in [-0.39, 0.29) is 11.8 Å². The van der Waals surface area contributed by atoms with Gasteiger partial charge in [0.1, 0.15) is 11.6 Å². The van der Waals surface area contributed by atoms with Gasteiger partial charge in [-0.05, 0) is 25.8 Å². The molecule has 0 unspecified atom stereocenters. The molecule has 2 aromatic rings. The highest BCUT2D eigenvalue weighted by Crippen LogP contribution is 2.27. The van der Waals surface area contributed by atoms with Gasteiger partial charge in [-0.3, -0.25) is 9.69 Å². The Bertz CT molecular complexity index is 792. The molecule has 2 aromatic heterocycles. The number of hydrogen-bond acceptors (Lipinski definition) is 5. The van der Waals surface area contributed by atoms with Crippen molar-refractivity contribution in [3.63, 3.8) is 0 Å². The number of ether oxygens (including phenoxy) is 1. The number of nitrogens with zero attached hydrogens (tertiary/aromatic N) is 5. The summed E-state index contributed by atoms with van der Waals surface area (Å²) in [6.45, 7) is 7.67. The first kappa shape index (κ1) is 18.2. The number of aromatic nitrogens is 4. The molecule has 0 saturated carbocycles. The molecule has 4 rings (SSSR count). The van der Waals surface area contributed by atoms with Crippen molar-refractivity contribution in [3.8, 4) is 0 Å². The van der Waals surface area contributed by atoms with E-state index in [2.05, 4.69) is 24.6 Å². The number of carbonyl (C=O) groups excluding carboxylic acids is 1. The fourth-order valence-corrected chi connectivity index (χ4v) is 4.05. The third kappa shape index (κ3) is 3.77. The predicted molar refractivity (Wildman–Crippen MR) is 101 cm³/mol. The minimum atomic E-state index is 0.106. The molecule has 1 atom stereocenters. The fraction of sp³-hybridized carbons (Fsp3) is 0.632.